The fourth-order valence-electron chi connectivity index (χ4n) is 3.10. The molecule has 5 heteroatoms. The lowest BCUT2D eigenvalue weighted by Gasteiger charge is -2.22. The summed E-state index contributed by atoms with van der Waals surface area (Å²) >= 11 is 0. The third-order valence-corrected chi connectivity index (χ3v) is 4.85. The van der Waals surface area contributed by atoms with Gasteiger partial charge in [-0.2, -0.15) is 5.26 Å². The Hall–Kier alpha value is -3.13. The first kappa shape index (κ1) is 17.7. The number of nitrogens with one attached hydrogen (secondary N) is 1. The molecule has 0 unspecified atom stereocenters. The first-order valence-corrected chi connectivity index (χ1v) is 8.58. The lowest BCUT2D eigenvalue weighted by molar-refractivity contribution is -0.131. The molecule has 1 N–H and O–H groups in total. The molecule has 1 fully saturated rings. The molecule has 1 saturated heterocycles. The molecule has 0 radical (unpaired) electrons. The van der Waals surface area contributed by atoms with Gasteiger partial charge in [0.1, 0.15) is 5.54 Å². The maximum atomic E-state index is 12.9. The predicted molar refractivity (Wildman–Crippen MR) is 98.1 cm³/mol. The highest BCUT2D eigenvalue weighted by atomic mass is 16.2. The van der Waals surface area contributed by atoms with E-state index in [0.29, 0.717) is 17.0 Å². The second-order valence-corrected chi connectivity index (χ2v) is 7.03. The number of hydrogen-bond donors (Lipinski definition) is 1. The monoisotopic (exact) mass is 347 g/mol. The minimum Gasteiger partial charge on any atom is -0.319 e. The Labute approximate surface area is 153 Å². The number of urea groups is 1. The van der Waals surface area contributed by atoms with Gasteiger partial charge in [0.05, 0.1) is 18.2 Å². The third-order valence-electron chi connectivity index (χ3n) is 4.85. The Morgan fingerprint density at radius 2 is 1.69 bits per heavy atom. The fourth-order valence-corrected chi connectivity index (χ4v) is 3.10. The number of carbonyl (C=O) groups excluding carboxylic acids is 2. The molecule has 1 aliphatic rings. The molecule has 0 saturated carbocycles. The summed E-state index contributed by atoms with van der Waals surface area (Å²) in [6.07, 6.45) is 0. The summed E-state index contributed by atoms with van der Waals surface area (Å²) in [5.41, 5.74) is 2.17. The van der Waals surface area contributed by atoms with Crippen LogP contribution in [0.1, 0.15) is 48.9 Å². The molecule has 1 atom stereocenters. The molecule has 1 aliphatic heterocycles. The van der Waals surface area contributed by atoms with Crippen LogP contribution in [0.25, 0.3) is 0 Å². The molecule has 0 spiro atoms. The summed E-state index contributed by atoms with van der Waals surface area (Å²) in [6, 6.07) is 16.3. The summed E-state index contributed by atoms with van der Waals surface area (Å²) in [5.74, 6) is 0.139. The van der Waals surface area contributed by atoms with Gasteiger partial charge in [0.25, 0.3) is 5.91 Å². The summed E-state index contributed by atoms with van der Waals surface area (Å²) in [4.78, 5) is 26.6. The van der Waals surface area contributed by atoms with E-state index in [4.69, 9.17) is 5.26 Å². The summed E-state index contributed by atoms with van der Waals surface area (Å²) in [7, 11) is 0. The van der Waals surface area contributed by atoms with Crippen molar-refractivity contribution in [2.75, 3.05) is 0 Å². The number of carbonyl (C=O) groups is 2. The van der Waals surface area contributed by atoms with Crippen LogP contribution in [-0.4, -0.2) is 16.8 Å². The molecular weight excluding hydrogens is 326 g/mol. The number of imide groups is 1. The molecule has 0 aliphatic carbocycles. The van der Waals surface area contributed by atoms with Crippen molar-refractivity contribution in [2.24, 2.45) is 0 Å². The second kappa shape index (κ2) is 6.64. The largest absolute Gasteiger partial charge is 0.325 e. The number of hydrogen-bond acceptors (Lipinski definition) is 3. The highest BCUT2D eigenvalue weighted by Gasteiger charge is 2.48. The highest BCUT2D eigenvalue weighted by molar-refractivity contribution is 6.07. The van der Waals surface area contributed by atoms with Crippen molar-refractivity contribution in [1.29, 1.82) is 5.26 Å². The van der Waals surface area contributed by atoms with Crippen LogP contribution >= 0.6 is 0 Å². The topological polar surface area (TPSA) is 73.2 Å². The van der Waals surface area contributed by atoms with Gasteiger partial charge in [0.15, 0.2) is 0 Å². The van der Waals surface area contributed by atoms with Crippen molar-refractivity contribution < 1.29 is 9.59 Å². The molecule has 1 heterocycles. The first-order chi connectivity index (χ1) is 12.3. The number of rotatable bonds is 4. The Kier molecular flexibility index (Phi) is 4.52. The van der Waals surface area contributed by atoms with Gasteiger partial charge in [0.2, 0.25) is 0 Å². The van der Waals surface area contributed by atoms with Crippen LogP contribution in [0, 0.1) is 11.3 Å². The third kappa shape index (κ3) is 3.06. The predicted octanol–water partition coefficient (Wildman–Crippen LogP) is 3.65. The van der Waals surface area contributed by atoms with Crippen molar-refractivity contribution in [1.82, 2.24) is 10.2 Å². The molecule has 3 amide bonds. The van der Waals surface area contributed by atoms with Crippen LogP contribution in [0.3, 0.4) is 0 Å². The zero-order valence-corrected chi connectivity index (χ0v) is 15.1. The molecule has 2 aromatic rings. The summed E-state index contributed by atoms with van der Waals surface area (Å²) in [6.45, 7) is 6.16. The molecular formula is C21H21N3O2. The minimum absolute atomic E-state index is 0.231. The van der Waals surface area contributed by atoms with Crippen molar-refractivity contribution in [2.45, 2.75) is 38.8 Å². The zero-order chi connectivity index (χ0) is 18.9. The molecule has 26 heavy (non-hydrogen) atoms. The van der Waals surface area contributed by atoms with Gasteiger partial charge < -0.3 is 5.32 Å². The number of nitriles is 1. The fraction of sp³-hybridized carbons (Fsp3) is 0.286. The van der Waals surface area contributed by atoms with Gasteiger partial charge in [-0.3, -0.25) is 9.69 Å². The van der Waals surface area contributed by atoms with E-state index in [9.17, 15) is 9.59 Å². The van der Waals surface area contributed by atoms with Gasteiger partial charge in [-0.25, -0.2) is 4.79 Å². The van der Waals surface area contributed by atoms with Crippen LogP contribution in [0.2, 0.25) is 0 Å². The van der Waals surface area contributed by atoms with Gasteiger partial charge in [0, 0.05) is 0 Å². The van der Waals surface area contributed by atoms with E-state index in [-0.39, 0.29) is 12.5 Å². The number of benzene rings is 2. The normalized spacial score (nSPS) is 19.6. The van der Waals surface area contributed by atoms with Crippen molar-refractivity contribution in [3.63, 3.8) is 0 Å². The average molecular weight is 347 g/mol. The lowest BCUT2D eigenvalue weighted by atomic mass is 9.91. The maximum absolute atomic E-state index is 12.9. The zero-order valence-electron chi connectivity index (χ0n) is 15.1. The Morgan fingerprint density at radius 3 is 2.23 bits per heavy atom. The SMILES string of the molecule is CC(C)c1ccc(CN2C(=O)N[C@@](C)(c3ccc(C#N)cc3)C2=O)cc1. The van der Waals surface area contributed by atoms with E-state index < -0.39 is 11.6 Å². The van der Waals surface area contributed by atoms with Crippen LogP contribution in [0.4, 0.5) is 4.79 Å². The van der Waals surface area contributed by atoms with E-state index in [2.05, 4.69) is 19.2 Å². The summed E-state index contributed by atoms with van der Waals surface area (Å²) in [5, 5.41) is 11.7. The molecule has 0 aromatic heterocycles. The van der Waals surface area contributed by atoms with Crippen molar-refractivity contribution in [3.05, 3.63) is 70.8 Å². The van der Waals surface area contributed by atoms with E-state index >= 15 is 0 Å². The quantitative estimate of drug-likeness (QED) is 0.858. The van der Waals surface area contributed by atoms with E-state index in [1.165, 1.54) is 10.5 Å². The molecule has 132 valence electrons. The highest BCUT2D eigenvalue weighted by Crippen LogP contribution is 2.30. The number of nitrogens with zero attached hydrogens (tertiary/aromatic N) is 2. The van der Waals surface area contributed by atoms with E-state index in [1.54, 1.807) is 31.2 Å². The Bertz CT molecular complexity index is 879. The van der Waals surface area contributed by atoms with Crippen LogP contribution < -0.4 is 5.32 Å². The maximum Gasteiger partial charge on any atom is 0.325 e. The Morgan fingerprint density at radius 1 is 1.08 bits per heavy atom. The average Bonchev–Trinajstić information content (AvgIpc) is 2.86. The smallest absolute Gasteiger partial charge is 0.319 e. The standard InChI is InChI=1S/C21H21N3O2/c1-14(2)17-8-4-16(5-9-17)13-24-19(25)21(3,23-20(24)26)18-10-6-15(12-22)7-11-18/h4-11,14H,13H2,1-3H3,(H,23,26)/t21-/m0/s1. The van der Waals surface area contributed by atoms with Gasteiger partial charge in [-0.15, -0.1) is 0 Å². The van der Waals surface area contributed by atoms with Gasteiger partial charge in [-0.1, -0.05) is 50.2 Å². The second-order valence-electron chi connectivity index (χ2n) is 7.03. The van der Waals surface area contributed by atoms with Crippen molar-refractivity contribution >= 4 is 11.9 Å². The number of amides is 3. The first-order valence-electron chi connectivity index (χ1n) is 8.58. The van der Waals surface area contributed by atoms with Gasteiger partial charge >= 0.3 is 6.03 Å². The molecule has 0 bridgehead atoms. The summed E-state index contributed by atoms with van der Waals surface area (Å²) < 4.78 is 0. The van der Waals surface area contributed by atoms with E-state index in [1.807, 2.05) is 30.3 Å². The minimum atomic E-state index is -1.12. The van der Waals surface area contributed by atoms with Crippen LogP contribution in [0.15, 0.2) is 48.5 Å². The Balaban J connectivity index is 1.82. The van der Waals surface area contributed by atoms with Gasteiger partial charge in [-0.05, 0) is 41.7 Å². The molecule has 3 rings (SSSR count). The van der Waals surface area contributed by atoms with Crippen molar-refractivity contribution in [3.8, 4) is 6.07 Å². The van der Waals surface area contributed by atoms with Crippen LogP contribution in [0.5, 0.6) is 0 Å². The molecule has 5 nitrogen and oxygen atoms in total. The lowest BCUT2D eigenvalue weighted by Crippen LogP contribution is -2.40. The van der Waals surface area contributed by atoms with Crippen LogP contribution in [-0.2, 0) is 16.9 Å². The molecule has 2 aromatic carbocycles. The van der Waals surface area contributed by atoms with E-state index in [0.717, 1.165) is 5.56 Å².